The lowest BCUT2D eigenvalue weighted by atomic mass is 9.96. The minimum absolute atomic E-state index is 0.0962. The van der Waals surface area contributed by atoms with E-state index in [1.54, 1.807) is 78.9 Å². The molecule has 2 aliphatic heterocycles. The third-order valence-corrected chi connectivity index (χ3v) is 12.6. The lowest BCUT2D eigenvalue weighted by molar-refractivity contribution is -0.348. The van der Waals surface area contributed by atoms with Gasteiger partial charge in [-0.05, 0) is 60.7 Å². The topological polar surface area (TPSA) is 168 Å². The Hall–Kier alpha value is -6.01. The number of carbonyl (C=O) groups excluding carboxylic acids is 5. The average Bonchev–Trinajstić information content (AvgIpc) is 3.34. The second-order valence-corrected chi connectivity index (χ2v) is 17.2. The Bertz CT molecular complexity index is 2360. The molecule has 2 aliphatic rings. The van der Waals surface area contributed by atoms with Crippen molar-refractivity contribution in [3.8, 4) is 0 Å². The summed E-state index contributed by atoms with van der Waals surface area (Å²) >= 11 is 2.77. The van der Waals surface area contributed by atoms with E-state index in [1.807, 2.05) is 60.7 Å². The van der Waals surface area contributed by atoms with Crippen LogP contribution in [0.2, 0.25) is 0 Å². The third kappa shape index (κ3) is 12.7. The lowest BCUT2D eigenvalue weighted by Crippen LogP contribution is -2.67. The average molecular weight is 937 g/mol. The first-order valence-electron chi connectivity index (χ1n) is 21.1. The Balaban J connectivity index is 1.36. The van der Waals surface area contributed by atoms with E-state index >= 15 is 0 Å². The van der Waals surface area contributed by atoms with Gasteiger partial charge in [0.2, 0.25) is 0 Å². The van der Waals surface area contributed by atoms with E-state index in [-0.39, 0.29) is 28.2 Å². The van der Waals surface area contributed by atoms with Gasteiger partial charge in [-0.2, -0.15) is 0 Å². The van der Waals surface area contributed by atoms with Crippen molar-refractivity contribution in [1.82, 2.24) is 0 Å². The largest absolute Gasteiger partial charge is 0.455 e. The molecule has 344 valence electrons. The summed E-state index contributed by atoms with van der Waals surface area (Å²) < 4.78 is 56.5. The second kappa shape index (κ2) is 23.4. The molecule has 5 aromatic carbocycles. The first kappa shape index (κ1) is 47.9. The van der Waals surface area contributed by atoms with Crippen LogP contribution in [0.1, 0.15) is 44.9 Å². The number of carbonyl (C=O) groups is 5. The molecule has 0 N–H and O–H groups in total. The van der Waals surface area contributed by atoms with Gasteiger partial charge in [-0.3, -0.25) is 9.59 Å². The minimum atomic E-state index is -1.68. The number of hydrogen-bond donors (Lipinski definition) is 0. The number of thioether (sulfide) groups is 2. The molecule has 5 aromatic rings. The fourth-order valence-corrected chi connectivity index (χ4v) is 9.33. The smallest absolute Gasteiger partial charge is 0.338 e. The predicted molar refractivity (Wildman–Crippen MR) is 242 cm³/mol. The summed E-state index contributed by atoms with van der Waals surface area (Å²) in [5.41, 5.74) is 0.488. The highest BCUT2D eigenvalue weighted by molar-refractivity contribution is 7.99. The number of benzene rings is 5. The Morgan fingerprint density at radius 1 is 0.424 bits per heavy atom. The van der Waals surface area contributed by atoms with Crippen molar-refractivity contribution in [2.45, 2.75) is 85.1 Å². The number of hydrogen-bond acceptors (Lipinski definition) is 16. The van der Waals surface area contributed by atoms with Gasteiger partial charge >= 0.3 is 29.8 Å². The van der Waals surface area contributed by atoms with E-state index in [2.05, 4.69) is 0 Å². The van der Waals surface area contributed by atoms with Gasteiger partial charge in [0.05, 0.1) is 16.7 Å². The molecule has 0 spiro atoms. The SMILES string of the molecule is CO[C@H]1O[C@H](CSc2ccccc2)[C@@H](O[C@@H]2O[C@H](CSc3ccccc3)[C@H](OC(=O)c3ccccc3)[C@H](OC(=O)c3ccccc3)[C@H]2OC(=O)c2ccccc2)[C@H](OC(C)=O)[C@H]1OC(C)=O. The number of ether oxygens (including phenoxy) is 9. The van der Waals surface area contributed by atoms with Gasteiger partial charge in [0, 0.05) is 42.3 Å². The van der Waals surface area contributed by atoms with Crippen molar-refractivity contribution in [3.63, 3.8) is 0 Å². The molecule has 0 saturated carbocycles. The maximum absolute atomic E-state index is 14.2. The summed E-state index contributed by atoms with van der Waals surface area (Å²) in [4.78, 5) is 69.8. The second-order valence-electron chi connectivity index (χ2n) is 15.0. The highest BCUT2D eigenvalue weighted by atomic mass is 32.2. The van der Waals surface area contributed by atoms with Gasteiger partial charge in [-0.1, -0.05) is 91.0 Å². The van der Waals surface area contributed by atoms with E-state index < -0.39 is 91.3 Å². The van der Waals surface area contributed by atoms with Gasteiger partial charge in [0.1, 0.15) is 18.3 Å². The van der Waals surface area contributed by atoms with Gasteiger partial charge in [-0.25, -0.2) is 14.4 Å². The fourth-order valence-electron chi connectivity index (χ4n) is 7.38. The number of methoxy groups -OCH3 is 1. The van der Waals surface area contributed by atoms with Crippen molar-refractivity contribution in [2.24, 2.45) is 0 Å². The van der Waals surface area contributed by atoms with E-state index in [0.717, 1.165) is 9.79 Å². The summed E-state index contributed by atoms with van der Waals surface area (Å²) in [6.45, 7) is 2.38. The Morgan fingerprint density at radius 3 is 1.18 bits per heavy atom. The van der Waals surface area contributed by atoms with Crippen molar-refractivity contribution >= 4 is 53.4 Å². The zero-order chi connectivity index (χ0) is 46.4. The monoisotopic (exact) mass is 936 g/mol. The Kier molecular flexibility index (Phi) is 17.0. The molecule has 2 fully saturated rings. The van der Waals surface area contributed by atoms with Gasteiger partial charge in [-0.15, -0.1) is 23.5 Å². The molecular weight excluding hydrogens is 889 g/mol. The maximum Gasteiger partial charge on any atom is 0.338 e. The van der Waals surface area contributed by atoms with Crippen molar-refractivity contribution < 1.29 is 66.6 Å². The van der Waals surface area contributed by atoms with Gasteiger partial charge in [0.25, 0.3) is 0 Å². The highest BCUT2D eigenvalue weighted by Gasteiger charge is 2.57. The summed E-state index contributed by atoms with van der Waals surface area (Å²) in [7, 11) is 1.36. The first-order chi connectivity index (χ1) is 32.1. The molecule has 16 heteroatoms. The molecule has 0 bridgehead atoms. The van der Waals surface area contributed by atoms with Crippen LogP contribution in [0.5, 0.6) is 0 Å². The van der Waals surface area contributed by atoms with Crippen molar-refractivity contribution in [2.75, 3.05) is 18.6 Å². The first-order valence-corrected chi connectivity index (χ1v) is 23.0. The van der Waals surface area contributed by atoms with Gasteiger partial charge < -0.3 is 42.6 Å². The quantitative estimate of drug-likeness (QED) is 0.0507. The molecule has 2 heterocycles. The molecule has 2 saturated heterocycles. The van der Waals surface area contributed by atoms with E-state index in [9.17, 15) is 24.0 Å². The van der Waals surface area contributed by atoms with Crippen molar-refractivity contribution in [1.29, 1.82) is 0 Å². The summed E-state index contributed by atoms with van der Waals surface area (Å²) in [5.74, 6) is -3.64. The lowest BCUT2D eigenvalue weighted by Gasteiger charge is -2.49. The standard InChI is InChI=1S/C50H48O14S2/c1-31(51)57-42-41(39(30-66-37-27-17-8-18-28-37)59-49(56-3)44(42)58-32(2)52)64-50-45(63-48(55)35-23-13-6-14-24-35)43(62-47(54)34-21-11-5-12-22-34)40(61-46(53)33-19-9-4-10-20-33)38(60-50)29-65-36-25-15-7-16-26-36/h4-28,38-45,49-50H,29-30H2,1-3H3/t38-,39-,40+,41-,42+,43+,44-,45-,49+,50+/m1/s1. The zero-order valence-corrected chi connectivity index (χ0v) is 37.8. The molecule has 10 atom stereocenters. The predicted octanol–water partition coefficient (Wildman–Crippen LogP) is 7.59. The Labute approximate surface area is 390 Å². The summed E-state index contributed by atoms with van der Waals surface area (Å²) in [5, 5.41) is 0. The van der Waals surface area contributed by atoms with Crippen LogP contribution < -0.4 is 0 Å². The molecule has 0 aliphatic carbocycles. The van der Waals surface area contributed by atoms with Crippen LogP contribution in [0.4, 0.5) is 0 Å². The molecule has 0 amide bonds. The molecule has 0 aromatic heterocycles. The molecule has 0 radical (unpaired) electrons. The van der Waals surface area contributed by atoms with Crippen LogP contribution >= 0.6 is 23.5 Å². The Morgan fingerprint density at radius 2 is 0.758 bits per heavy atom. The maximum atomic E-state index is 14.2. The fraction of sp³-hybridized carbons (Fsp3) is 0.300. The van der Waals surface area contributed by atoms with Gasteiger partial charge in [0.15, 0.2) is 43.1 Å². The molecule has 66 heavy (non-hydrogen) atoms. The van der Waals surface area contributed by atoms with Crippen molar-refractivity contribution in [3.05, 3.63) is 168 Å². The molecular formula is C50H48O14S2. The number of esters is 5. The van der Waals surface area contributed by atoms with Crippen LogP contribution in [-0.4, -0.2) is 110 Å². The molecule has 0 unspecified atom stereocenters. The summed E-state index contributed by atoms with van der Waals surface area (Å²) in [6.07, 6.45) is -13.8. The minimum Gasteiger partial charge on any atom is -0.455 e. The van der Waals surface area contributed by atoms with Crippen LogP contribution in [0.3, 0.4) is 0 Å². The van der Waals surface area contributed by atoms with Crippen LogP contribution in [0.15, 0.2) is 161 Å². The van der Waals surface area contributed by atoms with E-state index in [0.29, 0.717) is 0 Å². The third-order valence-electron chi connectivity index (χ3n) is 10.4. The van der Waals surface area contributed by atoms with Crippen LogP contribution in [0, 0.1) is 0 Å². The number of rotatable bonds is 17. The molecule has 14 nitrogen and oxygen atoms in total. The highest BCUT2D eigenvalue weighted by Crippen LogP contribution is 2.38. The zero-order valence-electron chi connectivity index (χ0n) is 36.2. The summed E-state index contributed by atoms with van der Waals surface area (Å²) in [6, 6.07) is 43.3. The van der Waals surface area contributed by atoms with E-state index in [4.69, 9.17) is 42.6 Å². The van der Waals surface area contributed by atoms with E-state index in [1.165, 1.54) is 56.6 Å². The molecule has 7 rings (SSSR count). The normalized spacial score (nSPS) is 24.8. The van der Waals surface area contributed by atoms with Crippen LogP contribution in [-0.2, 0) is 52.2 Å². The van der Waals surface area contributed by atoms with Crippen LogP contribution in [0.25, 0.3) is 0 Å².